The summed E-state index contributed by atoms with van der Waals surface area (Å²) in [6, 6.07) is 9.31. The second-order valence-electron chi connectivity index (χ2n) is 4.72. The van der Waals surface area contributed by atoms with E-state index in [1.807, 2.05) is 30.3 Å². The number of fused-ring (bicyclic) bond motifs is 1. The lowest BCUT2D eigenvalue weighted by Crippen LogP contribution is -2.61. The normalized spacial score (nSPS) is 42.7. The second kappa shape index (κ2) is 5.16. The first-order valence-corrected chi connectivity index (χ1v) is 6.18. The molecular weight excluding hydrogens is 252 g/mol. The minimum absolute atomic E-state index is 0.186. The minimum Gasteiger partial charge on any atom is -0.387 e. The molecule has 1 aromatic rings. The molecule has 0 aromatic heterocycles. The van der Waals surface area contributed by atoms with Crippen LogP contribution in [0.1, 0.15) is 11.9 Å². The summed E-state index contributed by atoms with van der Waals surface area (Å²) in [5.41, 5.74) is 0.828. The largest absolute Gasteiger partial charge is 0.387 e. The van der Waals surface area contributed by atoms with E-state index in [0.29, 0.717) is 0 Å². The van der Waals surface area contributed by atoms with E-state index >= 15 is 0 Å². The van der Waals surface area contributed by atoms with E-state index in [2.05, 4.69) is 0 Å². The van der Waals surface area contributed by atoms with Gasteiger partial charge >= 0.3 is 0 Å². The van der Waals surface area contributed by atoms with Gasteiger partial charge in [0.25, 0.3) is 0 Å². The monoisotopic (exact) mass is 268 g/mol. The molecule has 6 nitrogen and oxygen atoms in total. The minimum atomic E-state index is -1.42. The Bertz CT molecular complexity index is 422. The molecule has 0 aliphatic carbocycles. The zero-order chi connectivity index (χ0) is 13.4. The molecule has 6 heteroatoms. The lowest BCUT2D eigenvalue weighted by molar-refractivity contribution is -0.354. The van der Waals surface area contributed by atoms with Crippen LogP contribution in [0.15, 0.2) is 30.3 Å². The van der Waals surface area contributed by atoms with Crippen molar-refractivity contribution >= 4 is 0 Å². The fraction of sp³-hybridized carbons (Fsp3) is 0.538. The zero-order valence-corrected chi connectivity index (χ0v) is 10.1. The molecule has 6 atom stereocenters. The smallest absolute Gasteiger partial charge is 0.184 e. The molecule has 2 aliphatic heterocycles. The third-order valence-corrected chi connectivity index (χ3v) is 3.42. The molecule has 1 aromatic carbocycles. The van der Waals surface area contributed by atoms with E-state index in [1.54, 1.807) is 0 Å². The van der Waals surface area contributed by atoms with Crippen molar-refractivity contribution < 1.29 is 29.5 Å². The Labute approximate surface area is 110 Å². The summed E-state index contributed by atoms with van der Waals surface area (Å²) in [7, 11) is 0. The van der Waals surface area contributed by atoms with Gasteiger partial charge in [0.2, 0.25) is 0 Å². The van der Waals surface area contributed by atoms with Crippen LogP contribution in [0.5, 0.6) is 0 Å². The van der Waals surface area contributed by atoms with Crippen molar-refractivity contribution in [1.82, 2.24) is 0 Å². The van der Waals surface area contributed by atoms with Gasteiger partial charge in [0, 0.05) is 5.56 Å². The Morgan fingerprint density at radius 2 is 1.68 bits per heavy atom. The number of aliphatic hydroxyl groups excluding tert-OH is 3. The van der Waals surface area contributed by atoms with Gasteiger partial charge in [0.1, 0.15) is 24.4 Å². The van der Waals surface area contributed by atoms with Crippen LogP contribution >= 0.6 is 0 Å². The van der Waals surface area contributed by atoms with Gasteiger partial charge < -0.3 is 29.5 Å². The Kier molecular flexibility index (Phi) is 3.53. The molecule has 0 spiro atoms. The fourth-order valence-corrected chi connectivity index (χ4v) is 2.37. The maximum atomic E-state index is 9.94. The third kappa shape index (κ3) is 2.38. The van der Waals surface area contributed by atoms with E-state index in [4.69, 9.17) is 14.2 Å². The highest BCUT2D eigenvalue weighted by Crippen LogP contribution is 2.33. The molecule has 0 bridgehead atoms. The van der Waals surface area contributed by atoms with Crippen LogP contribution in [0.2, 0.25) is 0 Å². The van der Waals surface area contributed by atoms with E-state index in [-0.39, 0.29) is 6.61 Å². The molecule has 0 unspecified atom stereocenters. The fourth-order valence-electron chi connectivity index (χ4n) is 2.37. The van der Waals surface area contributed by atoms with Gasteiger partial charge in [0.05, 0.1) is 6.61 Å². The first-order chi connectivity index (χ1) is 9.16. The molecule has 0 saturated carbocycles. The van der Waals surface area contributed by atoms with E-state index in [1.165, 1.54) is 0 Å². The maximum Gasteiger partial charge on any atom is 0.184 e. The third-order valence-electron chi connectivity index (χ3n) is 3.42. The highest BCUT2D eigenvalue weighted by molar-refractivity contribution is 5.16. The van der Waals surface area contributed by atoms with Crippen LogP contribution < -0.4 is 0 Å². The summed E-state index contributed by atoms with van der Waals surface area (Å²) in [6.07, 6.45) is -5.93. The molecule has 19 heavy (non-hydrogen) atoms. The SMILES string of the molecule is O[C@@H]1[C@@H](O)[C@@H](O)O[C@@H]2CO[C@H](c3ccccc3)O[C@@H]12. The predicted molar refractivity (Wildman–Crippen MR) is 62.9 cm³/mol. The molecule has 3 rings (SSSR count). The van der Waals surface area contributed by atoms with Crippen LogP contribution in [0.3, 0.4) is 0 Å². The standard InChI is InChI=1S/C13H16O6/c14-9-10(15)12(16)18-8-6-17-13(19-11(8)9)7-4-2-1-3-5-7/h1-5,8-16H,6H2/t8-,9-,10-,11-,12+,13+/m1/s1. The Morgan fingerprint density at radius 1 is 0.947 bits per heavy atom. The van der Waals surface area contributed by atoms with Gasteiger partial charge in [-0.15, -0.1) is 0 Å². The Morgan fingerprint density at radius 3 is 2.42 bits per heavy atom. The van der Waals surface area contributed by atoms with Gasteiger partial charge in [-0.1, -0.05) is 30.3 Å². The van der Waals surface area contributed by atoms with Gasteiger partial charge in [-0.25, -0.2) is 0 Å². The average Bonchev–Trinajstić information content (AvgIpc) is 2.46. The first kappa shape index (κ1) is 13.0. The summed E-state index contributed by atoms with van der Waals surface area (Å²) in [4.78, 5) is 0. The number of ether oxygens (including phenoxy) is 3. The summed E-state index contributed by atoms with van der Waals surface area (Å²) < 4.78 is 16.3. The zero-order valence-electron chi connectivity index (χ0n) is 10.1. The van der Waals surface area contributed by atoms with Crippen molar-refractivity contribution in [3.63, 3.8) is 0 Å². The molecule has 3 N–H and O–H groups in total. The van der Waals surface area contributed by atoms with Crippen LogP contribution in [0.25, 0.3) is 0 Å². The summed E-state index contributed by atoms with van der Waals surface area (Å²) in [5, 5.41) is 29.0. The van der Waals surface area contributed by atoms with Crippen LogP contribution in [-0.2, 0) is 14.2 Å². The number of rotatable bonds is 1. The Hall–Kier alpha value is -1.02. The number of hydrogen-bond donors (Lipinski definition) is 3. The molecule has 0 radical (unpaired) electrons. The van der Waals surface area contributed by atoms with Gasteiger partial charge in [-0.2, -0.15) is 0 Å². The molecule has 104 valence electrons. The quantitative estimate of drug-likeness (QED) is 0.639. The van der Waals surface area contributed by atoms with E-state index in [9.17, 15) is 15.3 Å². The van der Waals surface area contributed by atoms with E-state index in [0.717, 1.165) is 5.56 Å². The average molecular weight is 268 g/mol. The molecule has 2 fully saturated rings. The highest BCUT2D eigenvalue weighted by atomic mass is 16.7. The summed E-state index contributed by atoms with van der Waals surface area (Å²) >= 11 is 0. The van der Waals surface area contributed by atoms with Gasteiger partial charge in [0.15, 0.2) is 12.6 Å². The predicted octanol–water partition coefficient (Wildman–Crippen LogP) is -0.460. The van der Waals surface area contributed by atoms with Crippen molar-refractivity contribution in [3.05, 3.63) is 35.9 Å². The molecule has 2 aliphatic rings. The van der Waals surface area contributed by atoms with Crippen LogP contribution in [-0.4, -0.2) is 52.6 Å². The van der Waals surface area contributed by atoms with Gasteiger partial charge in [-0.3, -0.25) is 0 Å². The lowest BCUT2D eigenvalue weighted by atomic mass is 9.98. The number of aliphatic hydroxyl groups is 3. The summed E-state index contributed by atoms with van der Waals surface area (Å²) in [6.45, 7) is 0.186. The van der Waals surface area contributed by atoms with Crippen molar-refractivity contribution in [2.45, 2.75) is 37.0 Å². The molecule has 2 saturated heterocycles. The van der Waals surface area contributed by atoms with Crippen LogP contribution in [0.4, 0.5) is 0 Å². The number of benzene rings is 1. The second-order valence-corrected chi connectivity index (χ2v) is 4.72. The summed E-state index contributed by atoms with van der Waals surface area (Å²) in [5.74, 6) is 0. The van der Waals surface area contributed by atoms with Crippen molar-refractivity contribution in [1.29, 1.82) is 0 Å². The molecular formula is C13H16O6. The van der Waals surface area contributed by atoms with E-state index < -0.39 is 37.0 Å². The molecule has 2 heterocycles. The molecule has 0 amide bonds. The van der Waals surface area contributed by atoms with Crippen molar-refractivity contribution in [2.24, 2.45) is 0 Å². The first-order valence-electron chi connectivity index (χ1n) is 6.18. The van der Waals surface area contributed by atoms with Gasteiger partial charge in [-0.05, 0) is 0 Å². The van der Waals surface area contributed by atoms with Crippen molar-refractivity contribution in [3.8, 4) is 0 Å². The van der Waals surface area contributed by atoms with Crippen molar-refractivity contribution in [2.75, 3.05) is 6.61 Å². The van der Waals surface area contributed by atoms with Crippen LogP contribution in [0, 0.1) is 0 Å². The lowest BCUT2D eigenvalue weighted by Gasteiger charge is -2.45. The Balaban J connectivity index is 1.75. The highest BCUT2D eigenvalue weighted by Gasteiger charge is 2.48. The topological polar surface area (TPSA) is 88.4 Å². The number of hydrogen-bond acceptors (Lipinski definition) is 6. The maximum absolute atomic E-state index is 9.94.